The van der Waals surface area contributed by atoms with Crippen molar-refractivity contribution < 1.29 is 14.4 Å². The Morgan fingerprint density at radius 2 is 1.60 bits per heavy atom. The Kier molecular flexibility index (Phi) is 5.71. The number of hydrogen-bond donors (Lipinski definition) is 3. The van der Waals surface area contributed by atoms with Crippen molar-refractivity contribution >= 4 is 23.4 Å². The number of carbonyl (C=O) groups excluding carboxylic acids is 3. The van der Waals surface area contributed by atoms with E-state index in [0.717, 1.165) is 23.4 Å². The van der Waals surface area contributed by atoms with E-state index < -0.39 is 11.8 Å². The van der Waals surface area contributed by atoms with E-state index in [0.29, 0.717) is 12.0 Å². The number of hydrogen-bond acceptors (Lipinski definition) is 4. The molecule has 0 heterocycles. The van der Waals surface area contributed by atoms with E-state index >= 15 is 0 Å². The van der Waals surface area contributed by atoms with E-state index in [1.54, 1.807) is 18.2 Å². The van der Waals surface area contributed by atoms with Gasteiger partial charge < -0.3 is 10.2 Å². The molecule has 4 saturated carbocycles. The molecule has 0 atom stereocenters. The van der Waals surface area contributed by atoms with Gasteiger partial charge in [0.05, 0.1) is 6.54 Å². The summed E-state index contributed by atoms with van der Waals surface area (Å²) in [6, 6.07) is 7.11. The molecule has 4 bridgehead atoms. The summed E-state index contributed by atoms with van der Waals surface area (Å²) in [6.07, 6.45) is 8.07. The van der Waals surface area contributed by atoms with E-state index in [2.05, 4.69) is 16.2 Å². The van der Waals surface area contributed by atoms with E-state index in [4.69, 9.17) is 0 Å². The fraction of sp³-hybridized carbons (Fsp3) is 0.609. The molecule has 4 fully saturated rings. The van der Waals surface area contributed by atoms with E-state index in [-0.39, 0.29) is 17.9 Å². The largest absolute Gasteiger partial charge is 0.378 e. The van der Waals surface area contributed by atoms with E-state index in [1.807, 2.05) is 25.1 Å². The van der Waals surface area contributed by atoms with Gasteiger partial charge in [0.2, 0.25) is 5.91 Å². The van der Waals surface area contributed by atoms with Gasteiger partial charge in [0.25, 0.3) is 11.8 Å². The fourth-order valence-electron chi connectivity index (χ4n) is 6.26. The van der Waals surface area contributed by atoms with Crippen LogP contribution in [-0.2, 0) is 9.59 Å². The highest BCUT2D eigenvalue weighted by atomic mass is 16.2. The van der Waals surface area contributed by atoms with Crippen LogP contribution in [0.15, 0.2) is 24.3 Å². The molecule has 0 aromatic heterocycles. The first-order valence-corrected chi connectivity index (χ1v) is 11.0. The van der Waals surface area contributed by atoms with E-state index in [1.165, 1.54) is 38.5 Å². The Morgan fingerprint density at radius 3 is 2.20 bits per heavy atom. The second kappa shape index (κ2) is 8.28. The molecule has 0 aliphatic heterocycles. The summed E-state index contributed by atoms with van der Waals surface area (Å²) in [7, 11) is 3.79. The van der Waals surface area contributed by atoms with Gasteiger partial charge in [0.1, 0.15) is 0 Å². The molecular formula is C23H32N4O3. The number of nitrogens with zero attached hydrogens (tertiary/aromatic N) is 1. The predicted molar refractivity (Wildman–Crippen MR) is 115 cm³/mol. The Balaban J connectivity index is 1.21. The molecular weight excluding hydrogens is 380 g/mol. The molecule has 5 rings (SSSR count). The molecule has 0 radical (unpaired) electrons. The van der Waals surface area contributed by atoms with Gasteiger partial charge >= 0.3 is 0 Å². The van der Waals surface area contributed by atoms with E-state index in [9.17, 15) is 14.4 Å². The van der Waals surface area contributed by atoms with Crippen molar-refractivity contribution in [2.24, 2.45) is 23.2 Å². The molecule has 30 heavy (non-hydrogen) atoms. The molecule has 4 aliphatic carbocycles. The van der Waals surface area contributed by atoms with Gasteiger partial charge in [-0.15, -0.1) is 0 Å². The number of hydrazine groups is 1. The molecule has 1 aromatic rings. The molecule has 1 aromatic carbocycles. The predicted octanol–water partition coefficient (Wildman–Crippen LogP) is 2.24. The number of carbonyl (C=O) groups is 3. The molecule has 0 unspecified atom stereocenters. The van der Waals surface area contributed by atoms with Crippen molar-refractivity contribution in [1.29, 1.82) is 0 Å². The Labute approximate surface area is 177 Å². The number of rotatable bonds is 6. The van der Waals surface area contributed by atoms with Crippen molar-refractivity contribution in [2.75, 3.05) is 25.5 Å². The quantitative estimate of drug-likeness (QED) is 0.625. The van der Waals surface area contributed by atoms with Crippen molar-refractivity contribution in [1.82, 2.24) is 16.2 Å². The molecule has 0 saturated heterocycles. The lowest BCUT2D eigenvalue weighted by Gasteiger charge is -2.56. The van der Waals surface area contributed by atoms with Crippen LogP contribution in [0.3, 0.4) is 0 Å². The van der Waals surface area contributed by atoms with Crippen LogP contribution in [0.25, 0.3) is 0 Å². The standard InChI is InChI=1S/C23H32N4O3/c1-27(2)19-5-3-4-18(9-19)22(30)26-25-21(29)14-24-20(28)13-23-10-15-6-16(11-23)8-17(7-15)12-23/h3-5,9,15-17H,6-8,10-14H2,1-2H3,(H,24,28)(H,25,29)(H,26,30). The molecule has 3 amide bonds. The minimum absolute atomic E-state index is 0.0582. The summed E-state index contributed by atoms with van der Waals surface area (Å²) >= 11 is 0. The first-order valence-electron chi connectivity index (χ1n) is 11.0. The smallest absolute Gasteiger partial charge is 0.269 e. The van der Waals surface area contributed by atoms with Gasteiger partial charge in [0, 0.05) is 31.8 Å². The van der Waals surface area contributed by atoms with Crippen LogP contribution in [-0.4, -0.2) is 38.4 Å². The van der Waals surface area contributed by atoms with Crippen molar-refractivity contribution in [3.8, 4) is 0 Å². The monoisotopic (exact) mass is 412 g/mol. The van der Waals surface area contributed by atoms with Crippen molar-refractivity contribution in [2.45, 2.75) is 44.9 Å². The van der Waals surface area contributed by atoms with Crippen LogP contribution in [0, 0.1) is 23.2 Å². The third kappa shape index (κ3) is 4.60. The zero-order chi connectivity index (χ0) is 21.3. The van der Waals surface area contributed by atoms with Crippen LogP contribution >= 0.6 is 0 Å². The van der Waals surface area contributed by atoms with Crippen LogP contribution in [0.1, 0.15) is 55.3 Å². The van der Waals surface area contributed by atoms with Gasteiger partial charge in [0.15, 0.2) is 0 Å². The normalized spacial score (nSPS) is 28.7. The van der Waals surface area contributed by atoms with Crippen LogP contribution in [0.5, 0.6) is 0 Å². The molecule has 7 nitrogen and oxygen atoms in total. The van der Waals surface area contributed by atoms with Gasteiger partial charge in [-0.3, -0.25) is 25.2 Å². The average Bonchev–Trinajstić information content (AvgIpc) is 2.69. The molecule has 7 heteroatoms. The topological polar surface area (TPSA) is 90.5 Å². The molecule has 162 valence electrons. The lowest BCUT2D eigenvalue weighted by atomic mass is 9.49. The highest BCUT2D eigenvalue weighted by molar-refractivity contribution is 5.96. The highest BCUT2D eigenvalue weighted by Crippen LogP contribution is 2.61. The molecule has 4 aliphatic rings. The average molecular weight is 413 g/mol. The summed E-state index contributed by atoms with van der Waals surface area (Å²) in [4.78, 5) is 38.7. The first-order chi connectivity index (χ1) is 14.3. The second-order valence-corrected chi connectivity index (χ2v) is 9.82. The van der Waals surface area contributed by atoms with Gasteiger partial charge in [-0.25, -0.2) is 0 Å². The fourth-order valence-corrected chi connectivity index (χ4v) is 6.26. The highest BCUT2D eigenvalue weighted by Gasteiger charge is 2.51. The molecule has 0 spiro atoms. The Bertz CT molecular complexity index is 800. The number of amides is 3. The van der Waals surface area contributed by atoms with Crippen LogP contribution < -0.4 is 21.1 Å². The summed E-state index contributed by atoms with van der Waals surface area (Å²) in [5.41, 5.74) is 6.28. The Hall–Kier alpha value is -2.57. The Morgan fingerprint density at radius 1 is 0.967 bits per heavy atom. The third-order valence-corrected chi connectivity index (χ3v) is 7.09. The zero-order valence-electron chi connectivity index (χ0n) is 17.9. The summed E-state index contributed by atoms with van der Waals surface area (Å²) in [5.74, 6) is 1.51. The lowest BCUT2D eigenvalue weighted by molar-refractivity contribution is -0.132. The zero-order valence-corrected chi connectivity index (χ0v) is 17.9. The molecule has 3 N–H and O–H groups in total. The van der Waals surface area contributed by atoms with Gasteiger partial charge in [-0.1, -0.05) is 6.07 Å². The minimum atomic E-state index is -0.439. The summed E-state index contributed by atoms with van der Waals surface area (Å²) in [6.45, 7) is -0.136. The summed E-state index contributed by atoms with van der Waals surface area (Å²) < 4.78 is 0. The van der Waals surface area contributed by atoms with Gasteiger partial charge in [-0.2, -0.15) is 0 Å². The maximum absolute atomic E-state index is 12.5. The number of nitrogens with one attached hydrogen (secondary N) is 3. The van der Waals surface area contributed by atoms with Crippen molar-refractivity contribution in [3.05, 3.63) is 29.8 Å². The minimum Gasteiger partial charge on any atom is -0.378 e. The number of anilines is 1. The maximum Gasteiger partial charge on any atom is 0.269 e. The SMILES string of the molecule is CN(C)c1cccc(C(=O)NNC(=O)CNC(=O)CC23CC4CC(CC(C4)C2)C3)c1. The van der Waals surface area contributed by atoms with Crippen LogP contribution in [0.4, 0.5) is 5.69 Å². The van der Waals surface area contributed by atoms with Crippen molar-refractivity contribution in [3.63, 3.8) is 0 Å². The number of benzene rings is 1. The van der Waals surface area contributed by atoms with Gasteiger partial charge in [-0.05, 0) is 79.9 Å². The first kappa shape index (κ1) is 20.7. The summed E-state index contributed by atoms with van der Waals surface area (Å²) in [5, 5.41) is 2.74. The lowest BCUT2D eigenvalue weighted by Crippen LogP contribution is -2.49. The maximum atomic E-state index is 12.5. The van der Waals surface area contributed by atoms with Crippen LogP contribution in [0.2, 0.25) is 0 Å². The second-order valence-electron chi connectivity index (χ2n) is 9.82. The third-order valence-electron chi connectivity index (χ3n) is 7.09.